The maximum absolute atomic E-state index is 12.0. The Morgan fingerprint density at radius 3 is 2.46 bits per heavy atom. The van der Waals surface area contributed by atoms with E-state index in [2.05, 4.69) is 15.5 Å². The van der Waals surface area contributed by atoms with E-state index in [1.54, 1.807) is 0 Å². The van der Waals surface area contributed by atoms with Gasteiger partial charge in [0.25, 0.3) is 0 Å². The fraction of sp³-hybridized carbons (Fsp3) is 0.400. The number of amides is 1. The maximum atomic E-state index is 12.0. The normalized spacial score (nSPS) is 21.4. The van der Waals surface area contributed by atoms with E-state index in [-0.39, 0.29) is 22.9 Å². The summed E-state index contributed by atoms with van der Waals surface area (Å²) < 4.78 is 0. The van der Waals surface area contributed by atoms with Crippen molar-refractivity contribution in [3.63, 3.8) is 0 Å². The number of hydrogen-bond donors (Lipinski definition) is 2. The highest BCUT2D eigenvalue weighted by molar-refractivity contribution is 6.23. The van der Waals surface area contributed by atoms with Crippen molar-refractivity contribution in [1.29, 1.82) is 0 Å². The first-order chi connectivity index (χ1) is 12.2. The zero-order valence-corrected chi connectivity index (χ0v) is 15.3. The number of aliphatic hydroxyl groups is 1. The first-order valence-corrected chi connectivity index (χ1v) is 8.72. The van der Waals surface area contributed by atoms with E-state index in [1.807, 2.05) is 38.1 Å². The molecule has 1 aromatic carbocycles. The molecule has 6 nitrogen and oxygen atoms in total. The lowest BCUT2D eigenvalue weighted by Gasteiger charge is -2.31. The number of hydrogen-bond acceptors (Lipinski definition) is 5. The van der Waals surface area contributed by atoms with E-state index in [0.29, 0.717) is 42.7 Å². The number of nitrogens with one attached hydrogen (secondary N) is 1. The zero-order valence-electron chi connectivity index (χ0n) is 15.3. The number of aliphatic imine (C=N–C) groups is 1. The summed E-state index contributed by atoms with van der Waals surface area (Å²) in [6, 6.07) is 7.52. The van der Waals surface area contributed by atoms with Crippen molar-refractivity contribution >= 4 is 28.8 Å². The summed E-state index contributed by atoms with van der Waals surface area (Å²) in [4.78, 5) is 27.8. The van der Waals surface area contributed by atoms with Gasteiger partial charge < -0.3 is 5.11 Å². The molecule has 1 heterocycles. The molecular formula is C20H23N3O3. The summed E-state index contributed by atoms with van der Waals surface area (Å²) in [5, 5.41) is 14.4. The van der Waals surface area contributed by atoms with E-state index in [4.69, 9.17) is 0 Å². The molecule has 26 heavy (non-hydrogen) atoms. The Balaban J connectivity index is 1.90. The molecule has 6 heteroatoms. The van der Waals surface area contributed by atoms with Crippen molar-refractivity contribution in [1.82, 2.24) is 5.43 Å². The lowest BCUT2D eigenvalue weighted by molar-refractivity contribution is -0.121. The topological polar surface area (TPSA) is 91.1 Å². The Bertz CT molecular complexity index is 846. The van der Waals surface area contributed by atoms with Gasteiger partial charge in [-0.2, -0.15) is 5.10 Å². The van der Waals surface area contributed by atoms with E-state index >= 15 is 0 Å². The number of carbonyl (C=O) groups excluding carboxylic acids is 2. The maximum Gasteiger partial charge on any atom is 0.240 e. The number of Topliss-reactive ketones (excluding diaryl/α,β-unsaturated/α-hetero) is 1. The predicted molar refractivity (Wildman–Crippen MR) is 101 cm³/mol. The summed E-state index contributed by atoms with van der Waals surface area (Å²) in [5.74, 6) is -0.114. The van der Waals surface area contributed by atoms with Gasteiger partial charge in [0.15, 0.2) is 5.78 Å². The second-order valence-electron chi connectivity index (χ2n) is 7.59. The Morgan fingerprint density at radius 2 is 1.88 bits per heavy atom. The van der Waals surface area contributed by atoms with Crippen LogP contribution in [0.4, 0.5) is 5.69 Å². The summed E-state index contributed by atoms with van der Waals surface area (Å²) >= 11 is 0. The molecule has 0 fully saturated rings. The molecule has 1 amide bonds. The van der Waals surface area contributed by atoms with Crippen LogP contribution in [0.1, 0.15) is 52.0 Å². The summed E-state index contributed by atoms with van der Waals surface area (Å²) in [5.41, 5.74) is 5.80. The molecule has 2 aliphatic rings. The first kappa shape index (κ1) is 18.0. The molecule has 0 aromatic heterocycles. The number of nitrogens with zero attached hydrogens (tertiary/aromatic N) is 2. The molecule has 1 aromatic rings. The number of benzene rings is 1. The third-order valence-electron chi connectivity index (χ3n) is 4.59. The number of allylic oxidation sites excluding steroid dienone is 2. The summed E-state index contributed by atoms with van der Waals surface area (Å²) in [6.45, 7) is 5.56. The van der Waals surface area contributed by atoms with Gasteiger partial charge in [0.05, 0.1) is 22.7 Å². The highest BCUT2D eigenvalue weighted by Crippen LogP contribution is 2.37. The fourth-order valence-electron chi connectivity index (χ4n) is 3.38. The van der Waals surface area contributed by atoms with Gasteiger partial charge in [-0.05, 0) is 36.5 Å². The van der Waals surface area contributed by atoms with Crippen molar-refractivity contribution in [2.45, 2.75) is 46.5 Å². The van der Waals surface area contributed by atoms with Gasteiger partial charge in [-0.25, -0.2) is 5.43 Å². The molecule has 0 saturated heterocycles. The smallest absolute Gasteiger partial charge is 0.240 e. The van der Waals surface area contributed by atoms with Crippen LogP contribution in [0.15, 0.2) is 45.7 Å². The minimum Gasteiger partial charge on any atom is -0.511 e. The quantitative estimate of drug-likeness (QED) is 0.870. The van der Waals surface area contributed by atoms with Gasteiger partial charge in [-0.1, -0.05) is 26.0 Å². The van der Waals surface area contributed by atoms with Crippen LogP contribution in [0.5, 0.6) is 0 Å². The Morgan fingerprint density at radius 1 is 1.19 bits per heavy atom. The summed E-state index contributed by atoms with van der Waals surface area (Å²) in [6.07, 6.45) is 2.15. The predicted octanol–water partition coefficient (Wildman–Crippen LogP) is 3.59. The Labute approximate surface area is 152 Å². The molecule has 0 radical (unpaired) electrons. The largest absolute Gasteiger partial charge is 0.511 e. The molecule has 0 saturated carbocycles. The Hall–Kier alpha value is -2.76. The number of aliphatic hydroxyl groups excluding tert-OH is 1. The first-order valence-electron chi connectivity index (χ1n) is 8.72. The van der Waals surface area contributed by atoms with Gasteiger partial charge in [0.2, 0.25) is 5.91 Å². The van der Waals surface area contributed by atoms with Gasteiger partial charge >= 0.3 is 0 Å². The van der Waals surface area contributed by atoms with Crippen LogP contribution in [0.2, 0.25) is 0 Å². The molecular weight excluding hydrogens is 330 g/mol. The molecule has 0 bridgehead atoms. The number of hydrazone groups is 1. The van der Waals surface area contributed by atoms with Crippen LogP contribution in [-0.4, -0.2) is 28.2 Å². The highest BCUT2D eigenvalue weighted by atomic mass is 16.3. The van der Waals surface area contributed by atoms with Crippen molar-refractivity contribution in [3.05, 3.63) is 41.2 Å². The van der Waals surface area contributed by atoms with Crippen LogP contribution in [0.3, 0.4) is 0 Å². The van der Waals surface area contributed by atoms with E-state index < -0.39 is 0 Å². The number of carbonyl (C=O) groups is 2. The monoisotopic (exact) mass is 353 g/mol. The number of ketones is 1. The minimum absolute atomic E-state index is 0.0694. The standard InChI is InChI=1S/C20H23N3O3/c1-12(24)19-16(10-20(2,3)11-17(19)25)21-14-6-4-13(5-7-14)15-8-9-18(26)23-22-15/h4-7,25H,8-11H2,1-3H3,(H,23,26). The van der Waals surface area contributed by atoms with Crippen molar-refractivity contribution in [2.75, 3.05) is 0 Å². The number of rotatable bonds is 3. The molecule has 0 spiro atoms. The Kier molecular flexibility index (Phi) is 4.76. The average Bonchev–Trinajstić information content (AvgIpc) is 2.54. The molecule has 2 N–H and O–H groups in total. The van der Waals surface area contributed by atoms with Crippen LogP contribution in [0, 0.1) is 5.41 Å². The van der Waals surface area contributed by atoms with Crippen molar-refractivity contribution in [2.24, 2.45) is 15.5 Å². The van der Waals surface area contributed by atoms with E-state index in [1.165, 1.54) is 6.92 Å². The lowest BCUT2D eigenvalue weighted by atomic mass is 9.75. The summed E-state index contributed by atoms with van der Waals surface area (Å²) in [7, 11) is 0. The van der Waals surface area contributed by atoms with Crippen LogP contribution >= 0.6 is 0 Å². The fourth-order valence-corrected chi connectivity index (χ4v) is 3.38. The molecule has 136 valence electrons. The molecule has 3 rings (SSSR count). The second kappa shape index (κ2) is 6.86. The third-order valence-corrected chi connectivity index (χ3v) is 4.59. The lowest BCUT2D eigenvalue weighted by Crippen LogP contribution is -2.28. The van der Waals surface area contributed by atoms with Gasteiger partial charge in [0, 0.05) is 19.3 Å². The average molecular weight is 353 g/mol. The van der Waals surface area contributed by atoms with Gasteiger partial charge in [0.1, 0.15) is 5.76 Å². The van der Waals surface area contributed by atoms with Crippen LogP contribution in [-0.2, 0) is 9.59 Å². The van der Waals surface area contributed by atoms with Crippen LogP contribution < -0.4 is 5.43 Å². The van der Waals surface area contributed by atoms with E-state index in [0.717, 1.165) is 11.3 Å². The van der Waals surface area contributed by atoms with Gasteiger partial charge in [-0.15, -0.1) is 0 Å². The SMILES string of the molecule is CC(=O)C1=C(O)CC(C)(C)CC1=Nc1ccc(C2=NNC(=O)CC2)cc1. The zero-order chi connectivity index (χ0) is 18.9. The highest BCUT2D eigenvalue weighted by Gasteiger charge is 2.33. The molecule has 0 atom stereocenters. The van der Waals surface area contributed by atoms with E-state index in [9.17, 15) is 14.7 Å². The third kappa shape index (κ3) is 3.90. The van der Waals surface area contributed by atoms with Crippen LogP contribution in [0.25, 0.3) is 0 Å². The van der Waals surface area contributed by atoms with Crippen molar-refractivity contribution in [3.8, 4) is 0 Å². The van der Waals surface area contributed by atoms with Crippen molar-refractivity contribution < 1.29 is 14.7 Å². The van der Waals surface area contributed by atoms with Gasteiger partial charge in [-0.3, -0.25) is 14.6 Å². The molecule has 1 aliphatic heterocycles. The molecule has 0 unspecified atom stereocenters. The molecule has 1 aliphatic carbocycles. The second-order valence-corrected chi connectivity index (χ2v) is 7.59. The minimum atomic E-state index is -0.166.